The minimum absolute atomic E-state index is 0.258. The summed E-state index contributed by atoms with van der Waals surface area (Å²) in [6.07, 6.45) is 4.00. The summed E-state index contributed by atoms with van der Waals surface area (Å²) in [4.78, 5) is 10.8. The molecule has 1 aliphatic heterocycles. The molecule has 2 N–H and O–H groups in total. The number of nitrogens with one attached hydrogen (secondary N) is 1. The molecule has 20 heavy (non-hydrogen) atoms. The minimum Gasteiger partial charge on any atom is -0.492 e. The summed E-state index contributed by atoms with van der Waals surface area (Å²) in [5.74, 6) is 0.965. The van der Waals surface area contributed by atoms with Gasteiger partial charge in [-0.1, -0.05) is 12.5 Å². The van der Waals surface area contributed by atoms with Crippen LogP contribution in [0.15, 0.2) is 24.3 Å². The summed E-state index contributed by atoms with van der Waals surface area (Å²) in [5.41, 5.74) is 0.258. The Morgan fingerprint density at radius 3 is 3.10 bits per heavy atom. The Bertz CT molecular complexity index is 433. The molecule has 0 bridgehead atoms. The first-order chi connectivity index (χ1) is 9.75. The van der Waals surface area contributed by atoms with E-state index in [1.165, 1.54) is 25.0 Å². The number of ether oxygens (including phenoxy) is 1. The van der Waals surface area contributed by atoms with Crippen molar-refractivity contribution in [2.45, 2.75) is 24.5 Å². The molecule has 1 aromatic carbocycles. The standard InChI is InChI=1S/C15H21NO3S/c17-15(18)12-4-3-5-13(10-12)19-8-7-16-11-14-6-1-2-9-20-14/h3-5,10,14,16H,1-2,6-9,11H2,(H,17,18). The molecular weight excluding hydrogens is 274 g/mol. The van der Waals surface area contributed by atoms with Gasteiger partial charge in [-0.15, -0.1) is 0 Å². The summed E-state index contributed by atoms with van der Waals surface area (Å²) in [7, 11) is 0. The highest BCUT2D eigenvalue weighted by Gasteiger charge is 2.12. The monoisotopic (exact) mass is 295 g/mol. The lowest BCUT2D eigenvalue weighted by Gasteiger charge is -2.21. The lowest BCUT2D eigenvalue weighted by Crippen LogP contribution is -2.30. The maximum absolute atomic E-state index is 10.8. The molecule has 0 amide bonds. The molecule has 1 atom stereocenters. The Morgan fingerprint density at radius 1 is 1.45 bits per heavy atom. The van der Waals surface area contributed by atoms with Gasteiger partial charge in [0.05, 0.1) is 5.56 Å². The van der Waals surface area contributed by atoms with Gasteiger partial charge in [-0.2, -0.15) is 11.8 Å². The predicted octanol–water partition coefficient (Wildman–Crippen LogP) is 2.64. The second-order valence-electron chi connectivity index (χ2n) is 4.87. The molecule has 1 aliphatic rings. The number of hydrogen-bond acceptors (Lipinski definition) is 4. The highest BCUT2D eigenvalue weighted by atomic mass is 32.2. The molecule has 0 aromatic heterocycles. The topological polar surface area (TPSA) is 58.6 Å². The van der Waals surface area contributed by atoms with E-state index in [2.05, 4.69) is 17.1 Å². The summed E-state index contributed by atoms with van der Waals surface area (Å²) in [6, 6.07) is 6.60. The number of carboxylic acids is 1. The summed E-state index contributed by atoms with van der Waals surface area (Å²) in [6.45, 7) is 2.37. The average Bonchev–Trinajstić information content (AvgIpc) is 2.48. The average molecular weight is 295 g/mol. The molecule has 1 saturated heterocycles. The van der Waals surface area contributed by atoms with Gasteiger partial charge >= 0.3 is 5.97 Å². The van der Waals surface area contributed by atoms with E-state index in [4.69, 9.17) is 9.84 Å². The highest BCUT2D eigenvalue weighted by Crippen LogP contribution is 2.24. The zero-order chi connectivity index (χ0) is 14.2. The van der Waals surface area contributed by atoms with Crippen molar-refractivity contribution in [2.24, 2.45) is 0 Å². The van der Waals surface area contributed by atoms with Crippen LogP contribution in [0.5, 0.6) is 5.75 Å². The first-order valence-electron chi connectivity index (χ1n) is 7.04. The van der Waals surface area contributed by atoms with Crippen LogP contribution in [0.3, 0.4) is 0 Å². The predicted molar refractivity (Wildman–Crippen MR) is 81.9 cm³/mol. The second-order valence-corrected chi connectivity index (χ2v) is 6.28. The molecule has 0 saturated carbocycles. The van der Waals surface area contributed by atoms with Crippen LogP contribution in [-0.2, 0) is 0 Å². The number of carbonyl (C=O) groups is 1. The third-order valence-electron chi connectivity index (χ3n) is 3.27. The van der Waals surface area contributed by atoms with Crippen LogP contribution in [0.2, 0.25) is 0 Å². The van der Waals surface area contributed by atoms with Gasteiger partial charge in [-0.25, -0.2) is 4.79 Å². The lowest BCUT2D eigenvalue weighted by atomic mass is 10.2. The Labute approximate surface area is 123 Å². The van der Waals surface area contributed by atoms with Gasteiger partial charge in [0, 0.05) is 18.3 Å². The van der Waals surface area contributed by atoms with E-state index in [0.717, 1.165) is 18.3 Å². The first kappa shape index (κ1) is 15.2. The van der Waals surface area contributed by atoms with Crippen molar-refractivity contribution in [3.05, 3.63) is 29.8 Å². The molecule has 0 radical (unpaired) electrons. The number of thioether (sulfide) groups is 1. The van der Waals surface area contributed by atoms with Crippen molar-refractivity contribution in [2.75, 3.05) is 25.4 Å². The van der Waals surface area contributed by atoms with Gasteiger partial charge in [0.2, 0.25) is 0 Å². The molecule has 0 spiro atoms. The van der Waals surface area contributed by atoms with Crippen LogP contribution in [-0.4, -0.2) is 41.8 Å². The van der Waals surface area contributed by atoms with Crippen molar-refractivity contribution in [3.8, 4) is 5.75 Å². The van der Waals surface area contributed by atoms with Gasteiger partial charge in [-0.3, -0.25) is 0 Å². The lowest BCUT2D eigenvalue weighted by molar-refractivity contribution is 0.0696. The normalized spacial score (nSPS) is 18.7. The van der Waals surface area contributed by atoms with Gasteiger partial charge in [0.25, 0.3) is 0 Å². The fraction of sp³-hybridized carbons (Fsp3) is 0.533. The van der Waals surface area contributed by atoms with Gasteiger partial charge in [0.15, 0.2) is 0 Å². The number of aromatic carboxylic acids is 1. The number of carboxylic acid groups (broad SMARTS) is 1. The Balaban J connectivity index is 1.63. The third-order valence-corrected chi connectivity index (χ3v) is 4.67. The maximum Gasteiger partial charge on any atom is 0.335 e. The van der Waals surface area contributed by atoms with Gasteiger partial charge < -0.3 is 15.2 Å². The molecule has 5 heteroatoms. The first-order valence-corrected chi connectivity index (χ1v) is 8.09. The fourth-order valence-electron chi connectivity index (χ4n) is 2.19. The van der Waals surface area contributed by atoms with Crippen molar-refractivity contribution >= 4 is 17.7 Å². The van der Waals surface area contributed by atoms with E-state index in [9.17, 15) is 4.79 Å². The van der Waals surface area contributed by atoms with E-state index >= 15 is 0 Å². The van der Waals surface area contributed by atoms with Crippen molar-refractivity contribution in [1.82, 2.24) is 5.32 Å². The van der Waals surface area contributed by atoms with E-state index in [1.807, 2.05) is 0 Å². The second kappa shape index (κ2) is 8.17. The maximum atomic E-state index is 10.8. The third kappa shape index (κ3) is 5.06. The SMILES string of the molecule is O=C(O)c1cccc(OCCNCC2CCCCS2)c1. The summed E-state index contributed by atoms with van der Waals surface area (Å²) in [5, 5.41) is 13.0. The minimum atomic E-state index is -0.928. The van der Waals surface area contributed by atoms with E-state index in [-0.39, 0.29) is 5.56 Å². The molecule has 110 valence electrons. The molecule has 1 unspecified atom stereocenters. The van der Waals surface area contributed by atoms with Gasteiger partial charge in [-0.05, 0) is 36.8 Å². The molecular formula is C15H21NO3S. The zero-order valence-corrected chi connectivity index (χ0v) is 12.3. The van der Waals surface area contributed by atoms with Crippen molar-refractivity contribution < 1.29 is 14.6 Å². The fourth-order valence-corrected chi connectivity index (χ4v) is 3.46. The van der Waals surface area contributed by atoms with Crippen LogP contribution in [0.4, 0.5) is 0 Å². The van der Waals surface area contributed by atoms with Crippen LogP contribution in [0, 0.1) is 0 Å². The molecule has 4 nitrogen and oxygen atoms in total. The number of rotatable bonds is 7. The molecule has 1 aromatic rings. The van der Waals surface area contributed by atoms with Crippen LogP contribution >= 0.6 is 11.8 Å². The van der Waals surface area contributed by atoms with E-state index in [0.29, 0.717) is 12.4 Å². The molecule has 0 aliphatic carbocycles. The Morgan fingerprint density at radius 2 is 2.35 bits per heavy atom. The molecule has 1 fully saturated rings. The van der Waals surface area contributed by atoms with E-state index < -0.39 is 5.97 Å². The van der Waals surface area contributed by atoms with Gasteiger partial charge in [0.1, 0.15) is 12.4 Å². The largest absolute Gasteiger partial charge is 0.492 e. The Hall–Kier alpha value is -1.20. The summed E-state index contributed by atoms with van der Waals surface area (Å²) < 4.78 is 5.55. The summed E-state index contributed by atoms with van der Waals surface area (Å²) >= 11 is 2.05. The smallest absolute Gasteiger partial charge is 0.335 e. The van der Waals surface area contributed by atoms with Crippen molar-refractivity contribution in [1.29, 1.82) is 0 Å². The molecule has 1 heterocycles. The van der Waals surface area contributed by atoms with Crippen LogP contribution < -0.4 is 10.1 Å². The quantitative estimate of drug-likeness (QED) is 0.757. The van der Waals surface area contributed by atoms with Crippen LogP contribution in [0.1, 0.15) is 29.6 Å². The number of benzene rings is 1. The number of hydrogen-bond donors (Lipinski definition) is 2. The highest BCUT2D eigenvalue weighted by molar-refractivity contribution is 7.99. The zero-order valence-electron chi connectivity index (χ0n) is 11.5. The van der Waals surface area contributed by atoms with Crippen molar-refractivity contribution in [3.63, 3.8) is 0 Å². The molecule has 2 rings (SSSR count). The Kier molecular flexibility index (Phi) is 6.21. The van der Waals surface area contributed by atoms with Crippen LogP contribution in [0.25, 0.3) is 0 Å². The van der Waals surface area contributed by atoms with E-state index in [1.54, 1.807) is 24.3 Å².